The fourth-order valence-electron chi connectivity index (χ4n) is 4.17. The molecule has 3 N–H and O–H groups in total. The molecular weight excluding hydrogens is 564 g/mol. The van der Waals surface area contributed by atoms with E-state index in [-0.39, 0.29) is 5.91 Å². The summed E-state index contributed by atoms with van der Waals surface area (Å²) < 4.78 is 21.7. The van der Waals surface area contributed by atoms with Crippen molar-refractivity contribution < 1.29 is 23.1 Å². The summed E-state index contributed by atoms with van der Waals surface area (Å²) in [7, 11) is 3.04. The van der Waals surface area contributed by atoms with Crippen molar-refractivity contribution in [2.75, 3.05) is 25.3 Å². The number of rotatable bonds is 6. The van der Waals surface area contributed by atoms with E-state index in [0.29, 0.717) is 68.2 Å². The van der Waals surface area contributed by atoms with Gasteiger partial charge in [0.25, 0.3) is 5.91 Å². The highest BCUT2D eigenvalue weighted by molar-refractivity contribution is 6.06. The number of carbonyl (C=O) groups excluding carboxylic acids is 1. The van der Waals surface area contributed by atoms with E-state index in [1.807, 2.05) is 6.07 Å². The Balaban J connectivity index is 0.000000181. The van der Waals surface area contributed by atoms with Crippen LogP contribution in [0.25, 0.3) is 45.4 Å². The summed E-state index contributed by atoms with van der Waals surface area (Å²) in [6, 6.07) is 15.6. The maximum absolute atomic E-state index is 12.7. The van der Waals surface area contributed by atoms with Gasteiger partial charge in [-0.15, -0.1) is 0 Å². The van der Waals surface area contributed by atoms with Gasteiger partial charge in [0.1, 0.15) is 11.5 Å². The molecule has 0 aliphatic carbocycles. The first-order chi connectivity index (χ1) is 21.5. The Labute approximate surface area is 249 Å². The second-order valence-corrected chi connectivity index (χ2v) is 9.18. The van der Waals surface area contributed by atoms with Crippen molar-refractivity contribution in [3.63, 3.8) is 0 Å². The Morgan fingerprint density at radius 3 is 2.00 bits per heavy atom. The van der Waals surface area contributed by atoms with Crippen LogP contribution in [0.15, 0.2) is 101 Å². The molecular formula is C31H24N8O5. The van der Waals surface area contributed by atoms with Crippen LogP contribution in [0.5, 0.6) is 11.5 Å². The third-order valence-corrected chi connectivity index (χ3v) is 6.23. The lowest BCUT2D eigenvalue weighted by atomic mass is 10.1. The minimum Gasteiger partial charge on any atom is -0.497 e. The molecule has 13 nitrogen and oxygen atoms in total. The molecule has 0 unspecified atom stereocenters. The molecule has 0 fully saturated rings. The fraction of sp³-hybridized carbons (Fsp3) is 0.0645. The average Bonchev–Trinajstić information content (AvgIpc) is 3.70. The first-order valence-corrected chi connectivity index (χ1v) is 13.1. The molecule has 6 heterocycles. The summed E-state index contributed by atoms with van der Waals surface area (Å²) in [6.45, 7) is 0. The SMILES string of the molecule is COc1ccc(C(=O)Nc2cncc(-c3nc4ncccc4o3)c2)c(OC)c1.Nc1cncc(-c2nc3ncccc3o2)c1. The van der Waals surface area contributed by atoms with E-state index in [2.05, 4.69) is 35.2 Å². The van der Waals surface area contributed by atoms with Crippen LogP contribution in [0.3, 0.4) is 0 Å². The third-order valence-electron chi connectivity index (χ3n) is 6.23. The maximum Gasteiger partial charge on any atom is 0.259 e. The van der Waals surface area contributed by atoms with Crippen LogP contribution in [0, 0.1) is 0 Å². The zero-order chi connectivity index (χ0) is 30.5. The van der Waals surface area contributed by atoms with Gasteiger partial charge < -0.3 is 29.4 Å². The third kappa shape index (κ3) is 5.97. The van der Waals surface area contributed by atoms with Gasteiger partial charge in [0, 0.05) is 37.1 Å². The molecule has 7 aromatic rings. The van der Waals surface area contributed by atoms with Gasteiger partial charge in [-0.05, 0) is 48.5 Å². The number of hydrogen-bond donors (Lipinski definition) is 2. The monoisotopic (exact) mass is 588 g/mol. The molecule has 0 saturated carbocycles. The van der Waals surface area contributed by atoms with E-state index in [1.165, 1.54) is 13.3 Å². The molecule has 0 bridgehead atoms. The lowest BCUT2D eigenvalue weighted by Gasteiger charge is -2.11. The molecule has 0 atom stereocenters. The van der Waals surface area contributed by atoms with Crippen molar-refractivity contribution in [1.82, 2.24) is 29.9 Å². The molecule has 0 saturated heterocycles. The molecule has 7 rings (SSSR count). The Morgan fingerprint density at radius 1 is 0.773 bits per heavy atom. The highest BCUT2D eigenvalue weighted by atomic mass is 16.5. The second kappa shape index (κ2) is 12.2. The van der Waals surface area contributed by atoms with Gasteiger partial charge in [-0.25, -0.2) is 9.97 Å². The first kappa shape index (κ1) is 27.8. The highest BCUT2D eigenvalue weighted by Crippen LogP contribution is 2.28. The van der Waals surface area contributed by atoms with Crippen molar-refractivity contribution >= 4 is 39.7 Å². The van der Waals surface area contributed by atoms with E-state index in [4.69, 9.17) is 24.0 Å². The molecule has 0 spiro atoms. The molecule has 44 heavy (non-hydrogen) atoms. The molecule has 1 aromatic carbocycles. The second-order valence-electron chi connectivity index (χ2n) is 9.18. The Morgan fingerprint density at radius 2 is 1.41 bits per heavy atom. The highest BCUT2D eigenvalue weighted by Gasteiger charge is 2.15. The van der Waals surface area contributed by atoms with Gasteiger partial charge in [-0.1, -0.05) is 0 Å². The normalized spacial score (nSPS) is 10.7. The minimum absolute atomic E-state index is 0.335. The van der Waals surface area contributed by atoms with Crippen LogP contribution in [0.2, 0.25) is 0 Å². The number of fused-ring (bicyclic) bond motifs is 2. The van der Waals surface area contributed by atoms with Crippen molar-refractivity contribution in [2.24, 2.45) is 0 Å². The zero-order valence-corrected chi connectivity index (χ0v) is 23.5. The number of pyridine rings is 4. The van der Waals surface area contributed by atoms with Crippen LogP contribution in [-0.4, -0.2) is 50.0 Å². The van der Waals surface area contributed by atoms with Crippen LogP contribution in [-0.2, 0) is 0 Å². The molecule has 1 amide bonds. The van der Waals surface area contributed by atoms with Crippen molar-refractivity contribution in [1.29, 1.82) is 0 Å². The number of anilines is 2. The number of amides is 1. The Hall–Kier alpha value is -6.37. The number of oxazole rings is 2. The molecule has 0 aliphatic heterocycles. The first-order valence-electron chi connectivity index (χ1n) is 13.1. The number of hydrogen-bond acceptors (Lipinski definition) is 12. The van der Waals surface area contributed by atoms with Gasteiger partial charge in [0.2, 0.25) is 11.8 Å². The number of carbonyl (C=O) groups is 1. The summed E-state index contributed by atoms with van der Waals surface area (Å²) in [6.07, 6.45) is 9.69. The predicted molar refractivity (Wildman–Crippen MR) is 162 cm³/mol. The summed E-state index contributed by atoms with van der Waals surface area (Å²) in [5.74, 6) is 1.53. The number of nitrogens with zero attached hydrogens (tertiary/aromatic N) is 6. The molecule has 0 radical (unpaired) electrons. The van der Waals surface area contributed by atoms with E-state index in [1.54, 1.807) is 86.6 Å². The van der Waals surface area contributed by atoms with Crippen molar-refractivity contribution in [3.8, 4) is 34.4 Å². The lowest BCUT2D eigenvalue weighted by molar-refractivity contribution is 0.102. The number of methoxy groups -OCH3 is 2. The molecule has 6 aromatic heterocycles. The summed E-state index contributed by atoms with van der Waals surface area (Å²) >= 11 is 0. The smallest absolute Gasteiger partial charge is 0.259 e. The topological polar surface area (TPSA) is 177 Å². The van der Waals surface area contributed by atoms with Gasteiger partial charge in [0.05, 0.1) is 48.5 Å². The minimum atomic E-state index is -0.335. The number of benzene rings is 1. The van der Waals surface area contributed by atoms with E-state index in [0.717, 1.165) is 5.56 Å². The lowest BCUT2D eigenvalue weighted by Crippen LogP contribution is -2.13. The van der Waals surface area contributed by atoms with Crippen molar-refractivity contribution in [3.05, 3.63) is 97.3 Å². The van der Waals surface area contributed by atoms with Crippen LogP contribution in [0.4, 0.5) is 11.4 Å². The number of nitrogens with two attached hydrogens (primary N) is 1. The predicted octanol–water partition coefficient (Wildman–Crippen LogP) is 5.42. The largest absolute Gasteiger partial charge is 0.497 e. The van der Waals surface area contributed by atoms with Gasteiger partial charge >= 0.3 is 0 Å². The Bertz CT molecular complexity index is 2030. The molecule has 0 aliphatic rings. The summed E-state index contributed by atoms with van der Waals surface area (Å²) in [5.41, 5.74) is 10.8. The standard InChI is InChI=1S/C20H16N4O4.C11H8N4O/c1-26-14-5-6-15(17(9-14)27-2)19(25)23-13-8-12(10-21-11-13)20-24-18-16(28-20)4-3-7-22-18;12-8-4-7(5-13-6-8)11-15-10-9(16-11)2-1-3-14-10/h3-11H,1-2H3,(H,23,25);1-6H,12H2. The van der Waals surface area contributed by atoms with Crippen LogP contribution in [0.1, 0.15) is 10.4 Å². The van der Waals surface area contributed by atoms with Crippen molar-refractivity contribution in [2.45, 2.75) is 0 Å². The van der Waals surface area contributed by atoms with Gasteiger partial charge in [-0.3, -0.25) is 14.8 Å². The number of ether oxygens (including phenoxy) is 2. The van der Waals surface area contributed by atoms with Gasteiger partial charge in [-0.2, -0.15) is 9.97 Å². The van der Waals surface area contributed by atoms with Crippen LogP contribution < -0.4 is 20.5 Å². The Kier molecular flexibility index (Phi) is 7.73. The summed E-state index contributed by atoms with van der Waals surface area (Å²) in [5, 5.41) is 2.81. The quantitative estimate of drug-likeness (QED) is 0.252. The molecule has 13 heteroatoms. The number of nitrogens with one attached hydrogen (secondary N) is 1. The number of aromatic nitrogens is 6. The fourth-order valence-corrected chi connectivity index (χ4v) is 4.17. The van der Waals surface area contributed by atoms with Gasteiger partial charge in [0.15, 0.2) is 22.5 Å². The van der Waals surface area contributed by atoms with E-state index >= 15 is 0 Å². The average molecular weight is 589 g/mol. The van der Waals surface area contributed by atoms with E-state index < -0.39 is 0 Å². The number of nitrogen functional groups attached to an aromatic ring is 1. The van der Waals surface area contributed by atoms with E-state index in [9.17, 15) is 4.79 Å². The molecule has 218 valence electrons. The van der Waals surface area contributed by atoms with Crippen LogP contribution >= 0.6 is 0 Å². The summed E-state index contributed by atoms with van der Waals surface area (Å²) in [4.78, 5) is 37.7. The maximum atomic E-state index is 12.7. The zero-order valence-electron chi connectivity index (χ0n) is 23.5.